The van der Waals surface area contributed by atoms with Crippen LogP contribution in [-0.4, -0.2) is 25.3 Å². The van der Waals surface area contributed by atoms with Crippen LogP contribution in [0.5, 0.6) is 0 Å². The molecule has 4 N–H and O–H groups in total. The number of nitrogens with two attached hydrogens (primary N) is 1. The molecule has 0 aromatic carbocycles. The molecule has 0 aliphatic heterocycles. The largest absolute Gasteiger partial charge is 0.397 e. The van der Waals surface area contributed by atoms with E-state index in [9.17, 15) is 9.59 Å². The summed E-state index contributed by atoms with van der Waals surface area (Å²) in [6.45, 7) is 8.51. The van der Waals surface area contributed by atoms with Gasteiger partial charge in [0.15, 0.2) is 5.78 Å². The molecule has 0 saturated carbocycles. The van der Waals surface area contributed by atoms with Crippen molar-refractivity contribution in [3.05, 3.63) is 10.4 Å². The van der Waals surface area contributed by atoms with E-state index in [1.807, 2.05) is 13.8 Å². The Morgan fingerprint density at radius 2 is 1.85 bits per heavy atom. The first kappa shape index (κ1) is 16.5. The molecule has 0 radical (unpaired) electrons. The average Bonchev–Trinajstić information content (AvgIpc) is 2.71. The Morgan fingerprint density at radius 1 is 1.25 bits per heavy atom. The molecule has 1 aromatic rings. The van der Waals surface area contributed by atoms with Gasteiger partial charge in [0.2, 0.25) is 0 Å². The second kappa shape index (κ2) is 6.74. The normalized spacial score (nSPS) is 10.9. The van der Waals surface area contributed by atoms with Crippen molar-refractivity contribution in [2.45, 2.75) is 27.7 Å². The van der Waals surface area contributed by atoms with E-state index in [4.69, 9.17) is 5.73 Å². The summed E-state index contributed by atoms with van der Waals surface area (Å²) in [5.41, 5.74) is 6.67. The van der Waals surface area contributed by atoms with Gasteiger partial charge in [0, 0.05) is 19.5 Å². The summed E-state index contributed by atoms with van der Waals surface area (Å²) < 4.78 is 0. The fourth-order valence-corrected chi connectivity index (χ4v) is 2.87. The van der Waals surface area contributed by atoms with Crippen LogP contribution in [0.1, 0.15) is 47.7 Å². The van der Waals surface area contributed by atoms with Crippen molar-refractivity contribution < 1.29 is 9.59 Å². The Hall–Kier alpha value is -1.56. The molecule has 1 amide bonds. The van der Waals surface area contributed by atoms with Crippen LogP contribution in [-0.2, 0) is 0 Å². The predicted molar refractivity (Wildman–Crippen MR) is 84.6 cm³/mol. The van der Waals surface area contributed by atoms with E-state index in [-0.39, 0.29) is 23.3 Å². The molecule has 0 bridgehead atoms. The summed E-state index contributed by atoms with van der Waals surface area (Å²) in [4.78, 5) is 24.6. The molecule has 0 fully saturated rings. The minimum absolute atomic E-state index is 0.0322. The second-order valence-corrected chi connectivity index (χ2v) is 6.44. The number of carbonyl (C=O) groups excluding carboxylic acids is 2. The van der Waals surface area contributed by atoms with Crippen LogP contribution in [0.3, 0.4) is 0 Å². The molecule has 1 heterocycles. The van der Waals surface area contributed by atoms with Gasteiger partial charge in [0.1, 0.15) is 5.00 Å². The summed E-state index contributed by atoms with van der Waals surface area (Å²) in [5.74, 6) is -0.0189. The predicted octanol–water partition coefficient (Wildman–Crippen LogP) is 2.60. The number of rotatable bonds is 6. The van der Waals surface area contributed by atoms with Gasteiger partial charge in [0.25, 0.3) is 5.91 Å². The van der Waals surface area contributed by atoms with Crippen molar-refractivity contribution in [3.63, 3.8) is 0 Å². The van der Waals surface area contributed by atoms with Gasteiger partial charge in [-0.1, -0.05) is 27.7 Å². The van der Waals surface area contributed by atoms with E-state index in [1.54, 1.807) is 7.05 Å². The van der Waals surface area contributed by atoms with Gasteiger partial charge in [-0.3, -0.25) is 9.59 Å². The molecule has 0 aliphatic rings. The molecule has 0 atom stereocenters. The lowest BCUT2D eigenvalue weighted by Gasteiger charge is -2.09. The summed E-state index contributed by atoms with van der Waals surface area (Å²) in [6, 6.07) is 0. The number of thiophene rings is 1. The Balaban J connectivity index is 3.24. The van der Waals surface area contributed by atoms with E-state index in [0.717, 1.165) is 6.54 Å². The topological polar surface area (TPSA) is 84.2 Å². The number of ketones is 1. The summed E-state index contributed by atoms with van der Waals surface area (Å²) >= 11 is 1.26. The lowest BCUT2D eigenvalue weighted by molar-refractivity contribution is 0.0944. The first-order chi connectivity index (χ1) is 9.29. The van der Waals surface area contributed by atoms with Gasteiger partial charge in [-0.2, -0.15) is 0 Å². The van der Waals surface area contributed by atoms with E-state index in [2.05, 4.69) is 24.5 Å². The highest BCUT2D eigenvalue weighted by atomic mass is 32.1. The molecule has 112 valence electrons. The number of Topliss-reactive ketones (excluding diaryl/α,β-unsaturated/α-hetero) is 1. The maximum Gasteiger partial charge on any atom is 0.256 e. The number of nitrogen functional groups attached to an aromatic ring is 1. The van der Waals surface area contributed by atoms with Crippen LogP contribution in [0.25, 0.3) is 0 Å². The first-order valence-corrected chi connectivity index (χ1v) is 7.53. The molecule has 1 rings (SSSR count). The van der Waals surface area contributed by atoms with Gasteiger partial charge in [0.05, 0.1) is 16.1 Å². The van der Waals surface area contributed by atoms with Crippen LogP contribution in [0.15, 0.2) is 0 Å². The van der Waals surface area contributed by atoms with E-state index in [0.29, 0.717) is 21.4 Å². The van der Waals surface area contributed by atoms with Crippen LogP contribution in [0.4, 0.5) is 10.7 Å². The first-order valence-electron chi connectivity index (χ1n) is 6.72. The Kier molecular flexibility index (Phi) is 5.56. The smallest absolute Gasteiger partial charge is 0.256 e. The maximum atomic E-state index is 12.2. The van der Waals surface area contributed by atoms with E-state index in [1.165, 1.54) is 11.3 Å². The molecule has 6 heteroatoms. The standard InChI is InChI=1S/C14H23N3O2S/c1-7(2)6-17-14-9(13(19)16-5)10(15)12(20-14)11(18)8(3)4/h7-8,17H,6,15H2,1-5H3,(H,16,19). The van der Waals surface area contributed by atoms with Crippen LogP contribution >= 0.6 is 11.3 Å². The molecule has 5 nitrogen and oxygen atoms in total. The van der Waals surface area contributed by atoms with Gasteiger partial charge >= 0.3 is 0 Å². The number of anilines is 2. The molecule has 0 unspecified atom stereocenters. The zero-order valence-corrected chi connectivity index (χ0v) is 13.5. The summed E-state index contributed by atoms with van der Waals surface area (Å²) in [5, 5.41) is 6.44. The van der Waals surface area contributed by atoms with Gasteiger partial charge in [-0.25, -0.2) is 0 Å². The van der Waals surface area contributed by atoms with Crippen LogP contribution in [0.2, 0.25) is 0 Å². The van der Waals surface area contributed by atoms with Crippen molar-refractivity contribution in [1.82, 2.24) is 5.32 Å². The van der Waals surface area contributed by atoms with Crippen molar-refractivity contribution in [2.24, 2.45) is 11.8 Å². The quantitative estimate of drug-likeness (QED) is 0.705. The van der Waals surface area contributed by atoms with Crippen molar-refractivity contribution in [3.8, 4) is 0 Å². The average molecular weight is 297 g/mol. The monoisotopic (exact) mass is 297 g/mol. The third-order valence-corrected chi connectivity index (χ3v) is 4.00. The lowest BCUT2D eigenvalue weighted by atomic mass is 10.1. The number of hydrogen-bond acceptors (Lipinski definition) is 5. The number of nitrogens with one attached hydrogen (secondary N) is 2. The van der Waals surface area contributed by atoms with Gasteiger partial charge in [-0.05, 0) is 5.92 Å². The second-order valence-electron chi connectivity index (χ2n) is 5.42. The van der Waals surface area contributed by atoms with Crippen LogP contribution < -0.4 is 16.4 Å². The molecule has 0 saturated heterocycles. The Bertz CT molecular complexity index is 507. The van der Waals surface area contributed by atoms with Crippen molar-refractivity contribution in [2.75, 3.05) is 24.6 Å². The Labute approximate surface area is 123 Å². The van der Waals surface area contributed by atoms with E-state index < -0.39 is 0 Å². The third-order valence-electron chi connectivity index (χ3n) is 2.82. The molecular formula is C14H23N3O2S. The number of carbonyl (C=O) groups is 2. The molecular weight excluding hydrogens is 274 g/mol. The van der Waals surface area contributed by atoms with Crippen molar-refractivity contribution >= 4 is 33.7 Å². The van der Waals surface area contributed by atoms with Gasteiger partial charge < -0.3 is 16.4 Å². The minimum Gasteiger partial charge on any atom is -0.397 e. The zero-order valence-electron chi connectivity index (χ0n) is 12.7. The van der Waals surface area contributed by atoms with E-state index >= 15 is 0 Å². The lowest BCUT2D eigenvalue weighted by Crippen LogP contribution is -2.21. The maximum absolute atomic E-state index is 12.2. The molecule has 20 heavy (non-hydrogen) atoms. The molecule has 1 aromatic heterocycles. The summed E-state index contributed by atoms with van der Waals surface area (Å²) in [7, 11) is 1.55. The SMILES string of the molecule is CNC(=O)c1c(NCC(C)C)sc(C(=O)C(C)C)c1N. The van der Waals surface area contributed by atoms with Crippen molar-refractivity contribution in [1.29, 1.82) is 0 Å². The van der Waals surface area contributed by atoms with Crippen LogP contribution in [0, 0.1) is 11.8 Å². The minimum atomic E-state index is -0.271. The Morgan fingerprint density at radius 3 is 2.30 bits per heavy atom. The third kappa shape index (κ3) is 3.50. The highest BCUT2D eigenvalue weighted by Gasteiger charge is 2.26. The highest BCUT2D eigenvalue weighted by molar-refractivity contribution is 7.19. The number of hydrogen-bond donors (Lipinski definition) is 3. The molecule has 0 spiro atoms. The number of amides is 1. The zero-order chi connectivity index (χ0) is 15.4. The van der Waals surface area contributed by atoms with Gasteiger partial charge in [-0.15, -0.1) is 11.3 Å². The molecule has 0 aliphatic carbocycles. The summed E-state index contributed by atoms with van der Waals surface area (Å²) in [6.07, 6.45) is 0. The fourth-order valence-electron chi connectivity index (χ4n) is 1.66. The highest BCUT2D eigenvalue weighted by Crippen LogP contribution is 2.37. The fraction of sp³-hybridized carbons (Fsp3) is 0.571.